The van der Waals surface area contributed by atoms with Crippen LogP contribution in [0.4, 0.5) is 0 Å². The van der Waals surface area contributed by atoms with Gasteiger partial charge in [-0.05, 0) is 17.3 Å². The van der Waals surface area contributed by atoms with Crippen LogP contribution in [0.5, 0.6) is 0 Å². The van der Waals surface area contributed by atoms with Gasteiger partial charge in [-0.25, -0.2) is 9.78 Å². The third kappa shape index (κ3) is 3.59. The Bertz CT molecular complexity index is 594. The van der Waals surface area contributed by atoms with Crippen LogP contribution >= 0.6 is 34.8 Å². The van der Waals surface area contributed by atoms with Gasteiger partial charge in [-0.3, -0.25) is 4.57 Å². The molecule has 11 heteroatoms. The molecule has 118 valence electrons. The predicted molar refractivity (Wildman–Crippen MR) is 84.3 cm³/mol. The first-order chi connectivity index (χ1) is 9.77. The minimum absolute atomic E-state index is 0.449. The molecular weight excluding hydrogens is 383 g/mol. The first-order valence-corrected chi connectivity index (χ1v) is 9.07. The number of aromatic nitrogens is 2. The van der Waals surface area contributed by atoms with Crippen LogP contribution < -0.4 is 5.69 Å². The fraction of sp³-hybridized carbons (Fsp3) is 0.600. The highest BCUT2D eigenvalue weighted by atomic mass is 35.6. The zero-order valence-electron chi connectivity index (χ0n) is 10.3. The van der Waals surface area contributed by atoms with E-state index in [9.17, 15) is 15.0 Å². The maximum atomic E-state index is 11.8. The summed E-state index contributed by atoms with van der Waals surface area (Å²) < 4.78 is 4.86. The molecule has 0 amide bonds. The number of alkyl halides is 3. The lowest BCUT2D eigenvalue weighted by atomic mass is 10.2. The summed E-state index contributed by atoms with van der Waals surface area (Å²) in [7, 11) is -1.35. The van der Waals surface area contributed by atoms with Crippen LogP contribution in [0.15, 0.2) is 23.3 Å². The minimum atomic E-state index is -1.81. The molecule has 0 saturated carbocycles. The summed E-state index contributed by atoms with van der Waals surface area (Å²) in [6.45, 7) is -0.449. The Morgan fingerprint density at radius 3 is 2.71 bits per heavy atom. The lowest BCUT2D eigenvalue weighted by molar-refractivity contribution is -0.0457. The van der Waals surface area contributed by atoms with Crippen molar-refractivity contribution in [1.82, 2.24) is 9.55 Å². The highest BCUT2D eigenvalue weighted by Crippen LogP contribution is 2.41. The molecule has 2 unspecified atom stereocenters. The molecule has 21 heavy (non-hydrogen) atoms. The fourth-order valence-electron chi connectivity index (χ4n) is 2.04. The lowest BCUT2D eigenvalue weighted by Crippen LogP contribution is -2.41. The number of ether oxygens (including phenoxy) is 1. The number of aliphatic hydroxyl groups excluding tert-OH is 2. The number of rotatable bonds is 3. The summed E-state index contributed by atoms with van der Waals surface area (Å²) in [5, 5.41) is 18.7. The van der Waals surface area contributed by atoms with E-state index in [2.05, 4.69) is 4.98 Å². The van der Waals surface area contributed by atoms with Gasteiger partial charge in [0.05, 0.1) is 18.0 Å². The van der Waals surface area contributed by atoms with Crippen molar-refractivity contribution in [3.8, 4) is 0 Å². The number of hydrogen-bond acceptors (Lipinski definition) is 6. The molecule has 0 aliphatic carbocycles. The average Bonchev–Trinajstić information content (AvgIpc) is 2.74. The maximum absolute atomic E-state index is 11.8. The summed E-state index contributed by atoms with van der Waals surface area (Å²) in [6.07, 6.45) is -0.286. The van der Waals surface area contributed by atoms with Gasteiger partial charge in [0.15, 0.2) is 6.23 Å². The van der Waals surface area contributed by atoms with Crippen LogP contribution in [0.3, 0.4) is 0 Å². The Morgan fingerprint density at radius 1 is 1.52 bits per heavy atom. The molecule has 1 aromatic heterocycles. The molecule has 1 aliphatic heterocycles. The third-order valence-electron chi connectivity index (χ3n) is 2.98. The van der Waals surface area contributed by atoms with Crippen LogP contribution in [0.1, 0.15) is 6.23 Å². The van der Waals surface area contributed by atoms with E-state index in [0.717, 1.165) is 4.57 Å². The van der Waals surface area contributed by atoms with Crippen molar-refractivity contribution in [2.24, 2.45) is 0 Å². The Morgan fingerprint density at radius 2 is 2.19 bits per heavy atom. The van der Waals surface area contributed by atoms with Gasteiger partial charge in [-0.1, -0.05) is 44.3 Å². The molecule has 6 nitrogen and oxygen atoms in total. The monoisotopic (exact) mass is 392 g/mol. The van der Waals surface area contributed by atoms with Gasteiger partial charge < -0.3 is 14.9 Å². The summed E-state index contributed by atoms with van der Waals surface area (Å²) in [5.41, 5.74) is -0.588. The Balaban J connectivity index is 2.45. The van der Waals surface area contributed by atoms with Crippen molar-refractivity contribution in [3.05, 3.63) is 28.9 Å². The van der Waals surface area contributed by atoms with Crippen LogP contribution in [0.2, 0.25) is 0 Å². The molecule has 1 saturated heterocycles. The van der Waals surface area contributed by atoms with Gasteiger partial charge in [-0.2, -0.15) is 0 Å². The van der Waals surface area contributed by atoms with Crippen molar-refractivity contribution < 1.29 is 14.9 Å². The quantitative estimate of drug-likeness (QED) is 0.717. The fourth-order valence-corrected chi connectivity index (χ4v) is 4.74. The van der Waals surface area contributed by atoms with Crippen molar-refractivity contribution in [2.45, 2.75) is 26.8 Å². The molecule has 1 aliphatic rings. The molecule has 5 atom stereocenters. The summed E-state index contributed by atoms with van der Waals surface area (Å²) in [6, 6.07) is 1.53. The molecular formula is C10H11Cl3N2O4S2. The van der Waals surface area contributed by atoms with E-state index in [-0.39, 0.29) is 0 Å². The van der Waals surface area contributed by atoms with Gasteiger partial charge in [0.2, 0.25) is 3.12 Å². The average molecular weight is 394 g/mol. The topological polar surface area (TPSA) is 84.6 Å². The Labute approximate surface area is 142 Å². The normalized spacial score (nSPS) is 31.3. The van der Waals surface area contributed by atoms with E-state index in [1.54, 1.807) is 0 Å². The zero-order valence-corrected chi connectivity index (χ0v) is 14.2. The van der Waals surface area contributed by atoms with Gasteiger partial charge >= 0.3 is 5.69 Å². The molecule has 0 aromatic carbocycles. The highest BCUT2D eigenvalue weighted by Gasteiger charge is 2.50. The number of hydrogen-bond donors (Lipinski definition) is 2. The SMILES string of the molecule is O=c1ncccn1[C@@H]1O[C@H](CO)[C@H](O)C1S(=S)C(Cl)(Cl)Cl. The van der Waals surface area contributed by atoms with E-state index in [1.165, 1.54) is 18.5 Å². The number of halogens is 3. The Hall–Kier alpha value is 0.200. The molecule has 1 fully saturated rings. The molecule has 0 radical (unpaired) electrons. The first kappa shape index (κ1) is 17.6. The van der Waals surface area contributed by atoms with Crippen LogP contribution in [0, 0.1) is 0 Å². The van der Waals surface area contributed by atoms with Crippen LogP contribution in [-0.4, -0.2) is 47.0 Å². The van der Waals surface area contributed by atoms with E-state index in [4.69, 9.17) is 50.7 Å². The number of aliphatic hydroxyl groups is 2. The van der Waals surface area contributed by atoms with Gasteiger partial charge in [0.25, 0.3) is 0 Å². The Kier molecular flexibility index (Phi) is 5.65. The molecule has 0 spiro atoms. The van der Waals surface area contributed by atoms with Crippen molar-refractivity contribution in [3.63, 3.8) is 0 Å². The van der Waals surface area contributed by atoms with Crippen molar-refractivity contribution in [2.75, 3.05) is 6.61 Å². The summed E-state index contributed by atoms with van der Waals surface area (Å²) in [4.78, 5) is 15.4. The maximum Gasteiger partial charge on any atom is 0.349 e. The molecule has 2 heterocycles. The number of nitrogens with zero attached hydrogens (tertiary/aromatic N) is 2. The van der Waals surface area contributed by atoms with Crippen LogP contribution in [-0.2, 0) is 25.4 Å². The second kappa shape index (κ2) is 6.76. The molecule has 2 N–H and O–H groups in total. The van der Waals surface area contributed by atoms with Gasteiger partial charge in [0, 0.05) is 12.4 Å². The first-order valence-electron chi connectivity index (χ1n) is 5.72. The van der Waals surface area contributed by atoms with E-state index < -0.39 is 48.6 Å². The molecule has 2 rings (SSSR count). The van der Waals surface area contributed by atoms with E-state index in [0.29, 0.717) is 0 Å². The largest absolute Gasteiger partial charge is 0.394 e. The molecule has 0 bridgehead atoms. The zero-order chi connectivity index (χ0) is 15.8. The smallest absolute Gasteiger partial charge is 0.349 e. The second-order valence-corrected chi connectivity index (χ2v) is 10.0. The van der Waals surface area contributed by atoms with Crippen molar-refractivity contribution in [1.29, 1.82) is 0 Å². The van der Waals surface area contributed by atoms with Crippen LogP contribution in [0.25, 0.3) is 0 Å². The van der Waals surface area contributed by atoms with E-state index >= 15 is 0 Å². The third-order valence-corrected chi connectivity index (χ3v) is 8.18. The standard InChI is InChI=1S/C10H11Cl3N2O4S2/c11-10(12,13)21(20)7-6(17)5(4-16)19-8(7)15-3-1-2-14-9(15)18/h1-3,5-8,16-17H,4H2/t5-,6+,7?,8-,21?/m1/s1. The van der Waals surface area contributed by atoms with Crippen molar-refractivity contribution >= 4 is 55.4 Å². The minimum Gasteiger partial charge on any atom is -0.394 e. The summed E-state index contributed by atoms with van der Waals surface area (Å²) in [5.74, 6) is 0. The molecule has 1 aromatic rings. The second-order valence-electron chi connectivity index (χ2n) is 4.26. The lowest BCUT2D eigenvalue weighted by Gasteiger charge is -2.26. The summed E-state index contributed by atoms with van der Waals surface area (Å²) >= 11 is 22.7. The highest BCUT2D eigenvalue weighted by molar-refractivity contribution is 8.31. The van der Waals surface area contributed by atoms with Gasteiger partial charge in [-0.15, -0.1) is 0 Å². The van der Waals surface area contributed by atoms with Gasteiger partial charge in [0.1, 0.15) is 6.10 Å². The predicted octanol–water partition coefficient (Wildman–Crippen LogP) is 0.270. The van der Waals surface area contributed by atoms with E-state index in [1.807, 2.05) is 0 Å².